The van der Waals surface area contributed by atoms with E-state index in [1.165, 1.54) is 41.1 Å². The Balaban J connectivity index is 1.47. The fourth-order valence-electron chi connectivity index (χ4n) is 2.77. The predicted octanol–water partition coefficient (Wildman–Crippen LogP) is 4.35. The highest BCUT2D eigenvalue weighted by Crippen LogP contribution is 2.30. The number of nitrogens with one attached hydrogen (secondary N) is 1. The molecular formula is C19H11F6N5O2. The number of carbonyl (C=O) groups is 1. The molecule has 3 aromatic heterocycles. The number of nitrogens with zero attached hydrogens (tertiary/aromatic N) is 4. The molecule has 0 unspecified atom stereocenters. The summed E-state index contributed by atoms with van der Waals surface area (Å²) in [5.74, 6) is -2.37. The number of halogens is 6. The summed E-state index contributed by atoms with van der Waals surface area (Å²) in [5, 5.41) is 5.83. The minimum absolute atomic E-state index is 0.00171. The van der Waals surface area contributed by atoms with E-state index in [4.69, 9.17) is 0 Å². The summed E-state index contributed by atoms with van der Waals surface area (Å²) in [5.41, 5.74) is 0.0837. The second kappa shape index (κ2) is 7.66. The molecule has 0 aliphatic rings. The average Bonchev–Trinajstić information content (AvgIpc) is 3.38. The van der Waals surface area contributed by atoms with Gasteiger partial charge in [0.15, 0.2) is 0 Å². The Morgan fingerprint density at radius 1 is 1.00 bits per heavy atom. The van der Waals surface area contributed by atoms with E-state index in [2.05, 4.69) is 25.0 Å². The molecule has 3 heterocycles. The van der Waals surface area contributed by atoms with Gasteiger partial charge in [0.2, 0.25) is 5.82 Å². The van der Waals surface area contributed by atoms with Crippen LogP contribution in [0.3, 0.4) is 0 Å². The van der Waals surface area contributed by atoms with E-state index in [0.29, 0.717) is 5.56 Å². The Kier molecular flexibility index (Phi) is 5.11. The van der Waals surface area contributed by atoms with Crippen LogP contribution in [0.4, 0.5) is 26.3 Å². The van der Waals surface area contributed by atoms with Crippen LogP contribution < -0.4 is 5.32 Å². The van der Waals surface area contributed by atoms with Gasteiger partial charge in [-0.25, -0.2) is 4.98 Å². The van der Waals surface area contributed by atoms with E-state index in [1.807, 2.05) is 0 Å². The summed E-state index contributed by atoms with van der Waals surface area (Å²) in [6, 6.07) is 7.12. The summed E-state index contributed by atoms with van der Waals surface area (Å²) in [7, 11) is 0. The second-order valence-electron chi connectivity index (χ2n) is 6.61. The molecule has 0 saturated heterocycles. The Morgan fingerprint density at radius 3 is 2.34 bits per heavy atom. The van der Waals surface area contributed by atoms with Crippen LogP contribution in [0.15, 0.2) is 53.3 Å². The number of pyridine rings is 1. The normalized spacial score (nSPS) is 12.3. The highest BCUT2D eigenvalue weighted by atomic mass is 19.4. The molecule has 0 atom stereocenters. The minimum Gasteiger partial charge on any atom is -0.347 e. The zero-order valence-electron chi connectivity index (χ0n) is 15.7. The van der Waals surface area contributed by atoms with Crippen molar-refractivity contribution in [1.29, 1.82) is 0 Å². The van der Waals surface area contributed by atoms with Crippen LogP contribution in [0.5, 0.6) is 0 Å². The SMILES string of the molecule is O=C(NCc1ccc(C(F)(F)F)cc1)c1cn2ccc(-c3noc(C(F)(F)F)n3)cc2n1. The van der Waals surface area contributed by atoms with Gasteiger partial charge in [0.1, 0.15) is 11.3 Å². The monoisotopic (exact) mass is 455 g/mol. The van der Waals surface area contributed by atoms with Crippen molar-refractivity contribution in [2.45, 2.75) is 18.9 Å². The number of alkyl halides is 6. The van der Waals surface area contributed by atoms with Crippen molar-refractivity contribution in [3.05, 3.63) is 71.5 Å². The maximum Gasteiger partial charge on any atom is 0.471 e. The van der Waals surface area contributed by atoms with E-state index in [1.54, 1.807) is 0 Å². The highest BCUT2D eigenvalue weighted by Gasteiger charge is 2.38. The van der Waals surface area contributed by atoms with Crippen LogP contribution in [0.1, 0.15) is 27.5 Å². The Labute approximate surface area is 174 Å². The molecule has 4 aromatic rings. The van der Waals surface area contributed by atoms with Gasteiger partial charge in [0, 0.05) is 24.5 Å². The third kappa shape index (κ3) is 4.40. The number of amides is 1. The topological polar surface area (TPSA) is 85.3 Å². The number of hydrogen-bond donors (Lipinski definition) is 1. The predicted molar refractivity (Wildman–Crippen MR) is 96.1 cm³/mol. The lowest BCUT2D eigenvalue weighted by Gasteiger charge is -2.08. The molecule has 0 bridgehead atoms. The second-order valence-corrected chi connectivity index (χ2v) is 6.61. The summed E-state index contributed by atoms with van der Waals surface area (Å²) in [6.45, 7) is -0.0286. The number of hydrogen-bond acceptors (Lipinski definition) is 5. The van der Waals surface area contributed by atoms with Crippen LogP contribution in [-0.4, -0.2) is 25.4 Å². The Morgan fingerprint density at radius 2 is 1.72 bits per heavy atom. The molecule has 4 rings (SSSR count). The summed E-state index contributed by atoms with van der Waals surface area (Å²) in [6.07, 6.45) is -6.39. The summed E-state index contributed by atoms with van der Waals surface area (Å²) >= 11 is 0. The van der Waals surface area contributed by atoms with Gasteiger partial charge in [-0.3, -0.25) is 4.79 Å². The van der Waals surface area contributed by atoms with Crippen molar-refractivity contribution in [1.82, 2.24) is 24.8 Å². The number of carbonyl (C=O) groups excluding carboxylic acids is 1. The van der Waals surface area contributed by atoms with Gasteiger partial charge in [0.25, 0.3) is 5.91 Å². The third-order valence-electron chi connectivity index (χ3n) is 4.35. The van der Waals surface area contributed by atoms with Crippen molar-refractivity contribution in [3.8, 4) is 11.4 Å². The first-order chi connectivity index (χ1) is 15.0. The molecule has 0 radical (unpaired) electrons. The largest absolute Gasteiger partial charge is 0.471 e. The first kappa shape index (κ1) is 21.3. The third-order valence-corrected chi connectivity index (χ3v) is 4.35. The number of rotatable bonds is 4. The fourth-order valence-corrected chi connectivity index (χ4v) is 2.77. The quantitative estimate of drug-likeness (QED) is 0.463. The van der Waals surface area contributed by atoms with Gasteiger partial charge in [-0.15, -0.1) is 0 Å². The van der Waals surface area contributed by atoms with Crippen molar-refractivity contribution < 1.29 is 35.7 Å². The first-order valence-electron chi connectivity index (χ1n) is 8.85. The molecule has 0 fully saturated rings. The molecule has 1 amide bonds. The zero-order chi connectivity index (χ0) is 23.1. The number of imidazole rings is 1. The molecule has 0 spiro atoms. The smallest absolute Gasteiger partial charge is 0.347 e. The van der Waals surface area contributed by atoms with Gasteiger partial charge >= 0.3 is 18.2 Å². The maximum absolute atomic E-state index is 12.6. The molecule has 0 aliphatic heterocycles. The maximum atomic E-state index is 12.6. The van der Waals surface area contributed by atoms with E-state index in [-0.39, 0.29) is 29.3 Å². The standard InChI is InChI=1S/C19H11F6N5O2/c20-18(21,22)12-3-1-10(2-4-12)8-26-16(31)13-9-30-6-5-11(7-14(30)27-13)15-28-17(32-29-15)19(23,24)25/h1-7,9H,8H2,(H,26,31). The first-order valence-corrected chi connectivity index (χ1v) is 8.85. The van der Waals surface area contributed by atoms with Gasteiger partial charge in [-0.05, 0) is 29.8 Å². The number of benzene rings is 1. The van der Waals surface area contributed by atoms with Crippen LogP contribution in [0.25, 0.3) is 17.0 Å². The van der Waals surface area contributed by atoms with Crippen LogP contribution in [0.2, 0.25) is 0 Å². The average molecular weight is 455 g/mol. The molecule has 166 valence electrons. The van der Waals surface area contributed by atoms with Crippen molar-refractivity contribution in [2.75, 3.05) is 0 Å². The summed E-state index contributed by atoms with van der Waals surface area (Å²) in [4.78, 5) is 19.8. The van der Waals surface area contributed by atoms with E-state index in [9.17, 15) is 31.1 Å². The van der Waals surface area contributed by atoms with Crippen molar-refractivity contribution in [3.63, 3.8) is 0 Å². The lowest BCUT2D eigenvalue weighted by molar-refractivity contribution is -0.159. The lowest BCUT2D eigenvalue weighted by Crippen LogP contribution is -2.23. The van der Waals surface area contributed by atoms with Crippen LogP contribution >= 0.6 is 0 Å². The minimum atomic E-state index is -4.78. The molecule has 32 heavy (non-hydrogen) atoms. The van der Waals surface area contributed by atoms with E-state index < -0.39 is 29.7 Å². The lowest BCUT2D eigenvalue weighted by atomic mass is 10.1. The Bertz CT molecular complexity index is 1270. The molecule has 13 heteroatoms. The Hall–Kier alpha value is -3.90. The zero-order valence-corrected chi connectivity index (χ0v) is 15.7. The summed E-state index contributed by atoms with van der Waals surface area (Å²) < 4.78 is 81.3. The molecule has 7 nitrogen and oxygen atoms in total. The number of aromatic nitrogens is 4. The van der Waals surface area contributed by atoms with Crippen molar-refractivity contribution >= 4 is 11.6 Å². The van der Waals surface area contributed by atoms with Crippen LogP contribution in [0, 0.1) is 0 Å². The fraction of sp³-hybridized carbons (Fsp3) is 0.158. The molecule has 1 N–H and O–H groups in total. The molecule has 0 saturated carbocycles. The van der Waals surface area contributed by atoms with Gasteiger partial charge < -0.3 is 14.2 Å². The van der Waals surface area contributed by atoms with E-state index in [0.717, 1.165) is 12.1 Å². The van der Waals surface area contributed by atoms with Gasteiger partial charge in [0.05, 0.1) is 5.56 Å². The molecular weight excluding hydrogens is 444 g/mol. The van der Waals surface area contributed by atoms with Gasteiger partial charge in [-0.1, -0.05) is 17.3 Å². The van der Waals surface area contributed by atoms with E-state index >= 15 is 0 Å². The van der Waals surface area contributed by atoms with Crippen LogP contribution in [-0.2, 0) is 18.9 Å². The highest BCUT2D eigenvalue weighted by molar-refractivity contribution is 5.92. The number of fused-ring (bicyclic) bond motifs is 1. The molecule has 1 aromatic carbocycles. The van der Waals surface area contributed by atoms with Gasteiger partial charge in [-0.2, -0.15) is 31.3 Å². The van der Waals surface area contributed by atoms with Crippen molar-refractivity contribution in [2.24, 2.45) is 0 Å². The molecule has 0 aliphatic carbocycles.